The molecule has 65 heavy (non-hydrogen) atoms. The smallest absolute Gasteiger partial charge is 0.335 e. The number of hydrogen-bond acceptors (Lipinski definition) is 26. The maximum absolute atomic E-state index is 12.8. The minimum atomic E-state index is -2.09. The third kappa shape index (κ3) is 11.1. The molecule has 0 bridgehead atoms. The van der Waals surface area contributed by atoms with Crippen molar-refractivity contribution >= 4 is 11.9 Å². The van der Waals surface area contributed by atoms with Crippen molar-refractivity contribution in [1.29, 1.82) is 0 Å². The molecule has 28 nitrogen and oxygen atoms in total. The number of aliphatic hydroxyl groups is 7. The highest BCUT2D eigenvalue weighted by Gasteiger charge is 2.59. The molecule has 378 valence electrons. The lowest BCUT2D eigenvalue weighted by molar-refractivity contribution is -0.389. The van der Waals surface area contributed by atoms with Gasteiger partial charge in [-0.15, -0.1) is 0 Å². The maximum Gasteiger partial charge on any atom is 0.335 e. The molecule has 5 aliphatic heterocycles. The van der Waals surface area contributed by atoms with Crippen LogP contribution in [0.5, 0.6) is 0 Å². The Morgan fingerprint density at radius 1 is 0.400 bits per heavy atom. The number of aliphatic carboxylic acids is 2. The monoisotopic (exact) mass is 953 g/mol. The van der Waals surface area contributed by atoms with Crippen molar-refractivity contribution in [3.8, 4) is 0 Å². The Labute approximate surface area is 371 Å². The van der Waals surface area contributed by atoms with Gasteiger partial charge in [0, 0.05) is 49.8 Å². The second-order valence-electron chi connectivity index (χ2n) is 15.6. The molecule has 0 aliphatic carbocycles. The van der Waals surface area contributed by atoms with Crippen LogP contribution in [0.25, 0.3) is 0 Å². The van der Waals surface area contributed by atoms with Gasteiger partial charge in [0.25, 0.3) is 0 Å². The fourth-order valence-corrected chi connectivity index (χ4v) is 8.71. The van der Waals surface area contributed by atoms with Crippen LogP contribution in [0, 0.1) is 0 Å². The Balaban J connectivity index is 1.33. The molecule has 0 saturated carbocycles. The van der Waals surface area contributed by atoms with E-state index in [-0.39, 0.29) is 0 Å². The van der Waals surface area contributed by atoms with Crippen molar-refractivity contribution in [1.82, 2.24) is 0 Å². The van der Waals surface area contributed by atoms with Gasteiger partial charge in [0.05, 0.1) is 25.9 Å². The van der Waals surface area contributed by atoms with Gasteiger partial charge in [0.1, 0.15) is 104 Å². The predicted octanol–water partition coefficient (Wildman–Crippen LogP) is -7.19. The SMILES string of the molecule is COC1C(OC)[C@H](O[C@H]2O[C@@H](CO)[C@@H](O[C@@H]3OC(C(=O)O)[C@@H](O[C@@H]4OC(CO)[C@H](OC)[C@H](OC)C4N)[C@H](OC)C3OC)C(O)C2O)[C@H](C(=O)O)O[C@@H]1O[C@@H]1C(CO)O[C@H](OC)C(O)[C@H]1O. The largest absolute Gasteiger partial charge is 0.479 e. The van der Waals surface area contributed by atoms with E-state index in [0.29, 0.717) is 0 Å². The van der Waals surface area contributed by atoms with Gasteiger partial charge < -0.3 is 127 Å². The molecule has 10 unspecified atom stereocenters. The van der Waals surface area contributed by atoms with E-state index in [9.17, 15) is 55.5 Å². The summed E-state index contributed by atoms with van der Waals surface area (Å²) in [6.07, 6.45) is -37.3. The number of methoxy groups -OCH3 is 7. The van der Waals surface area contributed by atoms with Crippen LogP contribution in [0.1, 0.15) is 0 Å². The third-order valence-corrected chi connectivity index (χ3v) is 12.0. The average molecular weight is 954 g/mol. The molecule has 28 heteroatoms. The Bertz CT molecular complexity index is 1480. The van der Waals surface area contributed by atoms with Crippen LogP contribution in [0.15, 0.2) is 0 Å². The van der Waals surface area contributed by atoms with Gasteiger partial charge in [-0.1, -0.05) is 0 Å². The molecular formula is C37H63NO27. The van der Waals surface area contributed by atoms with Crippen LogP contribution >= 0.6 is 0 Å². The summed E-state index contributed by atoms with van der Waals surface area (Å²) in [6, 6.07) is -1.09. The number of carboxylic acids is 2. The summed E-state index contributed by atoms with van der Waals surface area (Å²) in [6.45, 7) is -2.22. The minimum absolute atomic E-state index is 0.545. The number of aliphatic hydroxyl groups excluding tert-OH is 7. The summed E-state index contributed by atoms with van der Waals surface area (Å²) in [5, 5.41) is 95.4. The first-order valence-corrected chi connectivity index (χ1v) is 20.4. The van der Waals surface area contributed by atoms with Crippen LogP contribution in [0.2, 0.25) is 0 Å². The van der Waals surface area contributed by atoms with Crippen LogP contribution in [-0.4, -0.2) is 281 Å². The highest BCUT2D eigenvalue weighted by atomic mass is 16.8. The molecule has 5 heterocycles. The molecule has 0 spiro atoms. The zero-order valence-corrected chi connectivity index (χ0v) is 36.5. The van der Waals surface area contributed by atoms with Crippen molar-refractivity contribution in [2.24, 2.45) is 5.73 Å². The molecule has 11 N–H and O–H groups in total. The highest BCUT2D eigenvalue weighted by Crippen LogP contribution is 2.38. The van der Waals surface area contributed by atoms with Gasteiger partial charge in [-0.25, -0.2) is 9.59 Å². The van der Waals surface area contributed by atoms with Crippen molar-refractivity contribution < 1.29 is 131 Å². The zero-order valence-electron chi connectivity index (χ0n) is 36.5. The van der Waals surface area contributed by atoms with Gasteiger partial charge in [0.15, 0.2) is 43.7 Å². The first kappa shape index (κ1) is 53.9. The summed E-state index contributed by atoms with van der Waals surface area (Å²) < 4.78 is 91.1. The average Bonchev–Trinajstić information content (AvgIpc) is 3.30. The quantitative estimate of drug-likeness (QED) is 0.0542. The number of carbonyl (C=O) groups is 2. The van der Waals surface area contributed by atoms with E-state index in [1.54, 1.807) is 0 Å². The minimum Gasteiger partial charge on any atom is -0.479 e. The third-order valence-electron chi connectivity index (χ3n) is 12.0. The van der Waals surface area contributed by atoms with E-state index in [1.165, 1.54) is 42.7 Å². The standard InChI is InChI=1S/C37H63NO27/c1-50-21-13(10-41)57-33(14(38)22(21)51-2)62-25-23(52-3)29(54-5)36(64-27(25)31(46)47)61-20-12(9-40)59-35(18(45)16(20)43)63-26-24(53-4)30(55-6)37(65-28(26)32(48)49)60-19-11(8-39)58-34(56-7)17(44)15(19)42/h11-30,33-37,39-45H,8-10,38H2,1-7H3,(H,46,47)(H,48,49)/t11?,12-,13?,14?,15+,16?,17?,18?,19+,20+,21-,22+,23-,24?,25-,26-,27?,28+,29?,30?,33-,34-,35+,36+,37-/m0/s1. The number of hydrogen-bond donors (Lipinski definition) is 10. The number of nitrogens with two attached hydrogens (primary N) is 1. The molecular weight excluding hydrogens is 890 g/mol. The van der Waals surface area contributed by atoms with Crippen molar-refractivity contribution in [3.05, 3.63) is 0 Å². The number of ether oxygens (including phenoxy) is 16. The van der Waals surface area contributed by atoms with Gasteiger partial charge in [0.2, 0.25) is 0 Å². The molecule has 0 aromatic heterocycles. The molecule has 0 aromatic carbocycles. The second-order valence-corrected chi connectivity index (χ2v) is 15.6. The topological polar surface area (TPSA) is 390 Å². The lowest BCUT2D eigenvalue weighted by Gasteiger charge is -2.50. The molecule has 5 rings (SSSR count). The van der Waals surface area contributed by atoms with Gasteiger partial charge in [-0.3, -0.25) is 0 Å². The molecule has 25 atom stereocenters. The van der Waals surface area contributed by atoms with Crippen molar-refractivity contribution in [2.75, 3.05) is 69.6 Å². The van der Waals surface area contributed by atoms with Crippen LogP contribution < -0.4 is 5.73 Å². The molecule has 0 radical (unpaired) electrons. The summed E-state index contributed by atoms with van der Waals surface area (Å²) >= 11 is 0. The lowest BCUT2D eigenvalue weighted by Crippen LogP contribution is -2.69. The van der Waals surface area contributed by atoms with Crippen molar-refractivity contribution in [3.63, 3.8) is 0 Å². The normalized spacial score (nSPS) is 47.3. The van der Waals surface area contributed by atoms with Gasteiger partial charge in [-0.05, 0) is 0 Å². The van der Waals surface area contributed by atoms with E-state index >= 15 is 0 Å². The van der Waals surface area contributed by atoms with E-state index in [1.807, 2.05) is 0 Å². The number of carboxylic acid groups (broad SMARTS) is 2. The maximum atomic E-state index is 12.8. The van der Waals surface area contributed by atoms with Crippen LogP contribution in [0.4, 0.5) is 0 Å². The fraction of sp³-hybridized carbons (Fsp3) is 0.946. The Morgan fingerprint density at radius 2 is 0.738 bits per heavy atom. The first-order chi connectivity index (χ1) is 31.0. The van der Waals surface area contributed by atoms with Crippen molar-refractivity contribution in [2.45, 2.75) is 153 Å². The van der Waals surface area contributed by atoms with E-state index < -0.39 is 185 Å². The van der Waals surface area contributed by atoms with E-state index in [2.05, 4.69) is 0 Å². The summed E-state index contributed by atoms with van der Waals surface area (Å²) in [7, 11) is 8.66. The molecule has 0 aromatic rings. The first-order valence-electron chi connectivity index (χ1n) is 20.4. The summed E-state index contributed by atoms with van der Waals surface area (Å²) in [4.78, 5) is 25.5. The Kier molecular flexibility index (Phi) is 19.9. The summed E-state index contributed by atoms with van der Waals surface area (Å²) in [5.74, 6) is -3.24. The number of rotatable bonds is 20. The van der Waals surface area contributed by atoms with Crippen LogP contribution in [0.3, 0.4) is 0 Å². The lowest BCUT2D eigenvalue weighted by atomic mass is 9.94. The second kappa shape index (κ2) is 24.0. The van der Waals surface area contributed by atoms with Gasteiger partial charge >= 0.3 is 11.9 Å². The molecule has 0 amide bonds. The highest BCUT2D eigenvalue weighted by molar-refractivity contribution is 5.74. The zero-order chi connectivity index (χ0) is 48.0. The predicted molar refractivity (Wildman–Crippen MR) is 203 cm³/mol. The Hall–Kier alpha value is -2.02. The van der Waals surface area contributed by atoms with E-state index in [0.717, 1.165) is 7.11 Å². The summed E-state index contributed by atoms with van der Waals surface area (Å²) in [5.41, 5.74) is 6.40. The fourth-order valence-electron chi connectivity index (χ4n) is 8.71. The molecule has 5 fully saturated rings. The van der Waals surface area contributed by atoms with Crippen LogP contribution in [-0.2, 0) is 85.4 Å². The van der Waals surface area contributed by atoms with E-state index in [4.69, 9.17) is 81.5 Å². The Morgan fingerprint density at radius 3 is 1.11 bits per heavy atom. The molecule has 5 saturated heterocycles. The van der Waals surface area contributed by atoms with Gasteiger partial charge in [-0.2, -0.15) is 0 Å². The molecule has 5 aliphatic rings.